The molecule has 0 amide bonds. The summed E-state index contributed by atoms with van der Waals surface area (Å²) in [4.78, 5) is 7.08. The van der Waals surface area contributed by atoms with E-state index in [1.807, 2.05) is 30.3 Å². The van der Waals surface area contributed by atoms with Gasteiger partial charge in [0.05, 0.1) is 6.67 Å². The van der Waals surface area contributed by atoms with Crippen molar-refractivity contribution in [2.24, 2.45) is 5.73 Å². The Kier molecular flexibility index (Phi) is 12.1. The van der Waals surface area contributed by atoms with Gasteiger partial charge in [0.15, 0.2) is 5.75 Å². The average Bonchev–Trinajstić information content (AvgIpc) is 3.32. The molecule has 208 valence electrons. The molecule has 2 heterocycles. The maximum atomic E-state index is 14.8. The molecule has 2 aromatic rings. The number of hydrogen-bond acceptors (Lipinski definition) is 5. The molecule has 1 fully saturated rings. The highest BCUT2D eigenvalue weighted by atomic mass is 32.2. The van der Waals surface area contributed by atoms with Crippen molar-refractivity contribution in [3.63, 3.8) is 0 Å². The number of fused-ring (bicyclic) bond motifs is 1. The fraction of sp³-hybridized carbons (Fsp3) is 0.355. The molecule has 0 bridgehead atoms. The van der Waals surface area contributed by atoms with E-state index in [-0.39, 0.29) is 24.4 Å². The molecule has 39 heavy (non-hydrogen) atoms. The van der Waals surface area contributed by atoms with Crippen LogP contribution >= 0.6 is 11.8 Å². The van der Waals surface area contributed by atoms with Crippen LogP contribution in [-0.4, -0.2) is 49.6 Å². The first-order chi connectivity index (χ1) is 19.0. The number of alkyl halides is 1. The van der Waals surface area contributed by atoms with E-state index in [1.165, 1.54) is 6.92 Å². The zero-order valence-electron chi connectivity index (χ0n) is 22.2. The van der Waals surface area contributed by atoms with Gasteiger partial charge in [0.25, 0.3) is 0 Å². The Morgan fingerprint density at radius 3 is 2.59 bits per heavy atom. The van der Waals surface area contributed by atoms with Gasteiger partial charge in [-0.2, -0.15) is 0 Å². The number of halogens is 3. The van der Waals surface area contributed by atoms with Gasteiger partial charge >= 0.3 is 0 Å². The standard InChI is InChI=1S/C29H33F3N2O2S.C2H2/c1-20(31)25(4-2-14-33)26-12-17-37-28-18-23(36-32)9-10-27(28)29(26)21-5-7-22(8-6-21)35-24-11-16-34(19-24)15-3-13-30;1-2/h2,4-10,18,24H,3,11-17,19,33H2,1H3;1-2H/b4-2-,25-20-;. The summed E-state index contributed by atoms with van der Waals surface area (Å²) in [6, 6.07) is 12.9. The fourth-order valence-corrected chi connectivity index (χ4v) is 5.96. The number of rotatable bonds is 10. The topological polar surface area (TPSA) is 47.7 Å². The van der Waals surface area contributed by atoms with E-state index in [0.717, 1.165) is 59.0 Å². The molecule has 8 heteroatoms. The van der Waals surface area contributed by atoms with E-state index in [1.54, 1.807) is 36.0 Å². The lowest BCUT2D eigenvalue weighted by Crippen LogP contribution is -2.26. The van der Waals surface area contributed by atoms with Gasteiger partial charge in [-0.15, -0.1) is 24.6 Å². The van der Waals surface area contributed by atoms with Gasteiger partial charge in [0.1, 0.15) is 17.7 Å². The number of thioether (sulfide) groups is 1. The van der Waals surface area contributed by atoms with Gasteiger partial charge in [0, 0.05) is 46.9 Å². The molecule has 4 nitrogen and oxygen atoms in total. The SMILES string of the molecule is C#C.C/C(F)=C(\C=C/CN)C1=C(c2ccc(OC3CCN(CCCF)C3)cc2)c2ccc(OF)cc2SCC1. The highest BCUT2D eigenvalue weighted by molar-refractivity contribution is 7.99. The third kappa shape index (κ3) is 7.95. The molecule has 4 rings (SSSR count). The van der Waals surface area contributed by atoms with Crippen molar-refractivity contribution in [2.75, 3.05) is 38.6 Å². The largest absolute Gasteiger partial charge is 0.489 e. The van der Waals surface area contributed by atoms with Gasteiger partial charge in [-0.05, 0) is 78.8 Å². The van der Waals surface area contributed by atoms with Crippen molar-refractivity contribution >= 4 is 17.3 Å². The van der Waals surface area contributed by atoms with Crippen molar-refractivity contribution in [3.8, 4) is 24.3 Å². The monoisotopic (exact) mass is 556 g/mol. The molecular weight excluding hydrogens is 521 g/mol. The van der Waals surface area contributed by atoms with Gasteiger partial charge in [0.2, 0.25) is 0 Å². The number of nitrogens with two attached hydrogens (primary N) is 1. The predicted octanol–water partition coefficient (Wildman–Crippen LogP) is 7.07. The van der Waals surface area contributed by atoms with Crippen LogP contribution in [-0.2, 0) is 0 Å². The van der Waals surface area contributed by atoms with E-state index in [4.69, 9.17) is 10.5 Å². The molecule has 0 spiro atoms. The summed E-state index contributed by atoms with van der Waals surface area (Å²) in [5.41, 5.74) is 9.76. The van der Waals surface area contributed by atoms with E-state index in [2.05, 4.69) is 22.7 Å². The Morgan fingerprint density at radius 2 is 1.92 bits per heavy atom. The van der Waals surface area contributed by atoms with Crippen LogP contribution in [0.5, 0.6) is 11.5 Å². The van der Waals surface area contributed by atoms with Crippen molar-refractivity contribution in [1.82, 2.24) is 4.90 Å². The third-order valence-corrected chi connectivity index (χ3v) is 7.68. The van der Waals surface area contributed by atoms with Crippen LogP contribution in [0.2, 0.25) is 0 Å². The van der Waals surface area contributed by atoms with Crippen molar-refractivity contribution in [3.05, 3.63) is 82.7 Å². The van der Waals surface area contributed by atoms with E-state index >= 15 is 0 Å². The minimum Gasteiger partial charge on any atom is -0.489 e. The minimum atomic E-state index is -0.300. The van der Waals surface area contributed by atoms with Crippen LogP contribution in [0, 0.1) is 12.8 Å². The maximum absolute atomic E-state index is 14.8. The van der Waals surface area contributed by atoms with E-state index in [0.29, 0.717) is 30.7 Å². The van der Waals surface area contributed by atoms with Crippen molar-refractivity contribution in [1.29, 1.82) is 0 Å². The number of allylic oxidation sites excluding steroid dienone is 4. The molecule has 0 aliphatic carbocycles. The second kappa shape index (κ2) is 15.5. The average molecular weight is 557 g/mol. The van der Waals surface area contributed by atoms with Crippen LogP contribution in [0.4, 0.5) is 13.3 Å². The van der Waals surface area contributed by atoms with Crippen molar-refractivity contribution in [2.45, 2.75) is 37.2 Å². The maximum Gasteiger partial charge on any atom is 0.173 e. The second-order valence-corrected chi connectivity index (χ2v) is 10.3. The summed E-state index contributed by atoms with van der Waals surface area (Å²) in [5.74, 6) is 1.31. The molecule has 0 radical (unpaired) electrons. The molecule has 2 aliphatic heterocycles. The summed E-state index contributed by atoms with van der Waals surface area (Å²) in [7, 11) is 0. The Hall–Kier alpha value is -3.12. The molecule has 2 aromatic carbocycles. The van der Waals surface area contributed by atoms with Gasteiger partial charge in [-0.25, -0.2) is 4.39 Å². The number of likely N-dealkylation sites (tertiary alicyclic amines) is 1. The number of nitrogens with zero attached hydrogens (tertiary/aromatic N) is 1. The van der Waals surface area contributed by atoms with Gasteiger partial charge < -0.3 is 10.5 Å². The normalized spacial score (nSPS) is 18.2. The Bertz CT molecular complexity index is 1200. The predicted molar refractivity (Wildman–Crippen MR) is 154 cm³/mol. The number of terminal acetylenes is 1. The summed E-state index contributed by atoms with van der Waals surface area (Å²) >= 11 is 1.59. The highest BCUT2D eigenvalue weighted by Gasteiger charge is 2.25. The minimum absolute atomic E-state index is 0.0690. The molecule has 1 unspecified atom stereocenters. The summed E-state index contributed by atoms with van der Waals surface area (Å²) < 4.78 is 46.5. The first-order valence-corrected chi connectivity index (χ1v) is 13.9. The fourth-order valence-electron chi connectivity index (χ4n) is 4.91. The van der Waals surface area contributed by atoms with Gasteiger partial charge in [-0.1, -0.05) is 24.3 Å². The van der Waals surface area contributed by atoms with E-state index < -0.39 is 0 Å². The smallest absolute Gasteiger partial charge is 0.173 e. The molecular formula is C31H35F3N2O2S. The molecule has 0 saturated carbocycles. The quantitative estimate of drug-likeness (QED) is 0.251. The molecule has 0 aromatic heterocycles. The lowest BCUT2D eigenvalue weighted by Gasteiger charge is -2.19. The lowest BCUT2D eigenvalue weighted by atomic mass is 9.87. The number of benzene rings is 2. The lowest BCUT2D eigenvalue weighted by molar-refractivity contribution is -0.00646. The van der Waals surface area contributed by atoms with Crippen LogP contribution < -0.4 is 15.4 Å². The molecule has 1 atom stereocenters. The van der Waals surface area contributed by atoms with Crippen LogP contribution in [0.15, 0.2) is 76.5 Å². The van der Waals surface area contributed by atoms with E-state index in [9.17, 15) is 13.3 Å². The highest BCUT2D eigenvalue weighted by Crippen LogP contribution is 2.44. The Morgan fingerprint density at radius 1 is 1.18 bits per heavy atom. The zero-order chi connectivity index (χ0) is 28.2. The first kappa shape index (κ1) is 30.4. The third-order valence-electron chi connectivity index (χ3n) is 6.62. The zero-order valence-corrected chi connectivity index (χ0v) is 23.0. The molecule has 1 saturated heterocycles. The van der Waals surface area contributed by atoms with Crippen LogP contribution in [0.1, 0.15) is 37.3 Å². The molecule has 2 N–H and O–H groups in total. The molecule has 2 aliphatic rings. The van der Waals surface area contributed by atoms with Crippen LogP contribution in [0.25, 0.3) is 5.57 Å². The first-order valence-electron chi connectivity index (χ1n) is 12.9. The summed E-state index contributed by atoms with van der Waals surface area (Å²) in [6.45, 7) is 3.91. The van der Waals surface area contributed by atoms with Crippen LogP contribution in [0.3, 0.4) is 0 Å². The number of ether oxygens (including phenoxy) is 1. The second-order valence-electron chi connectivity index (χ2n) is 9.17. The van der Waals surface area contributed by atoms with Crippen molar-refractivity contribution < 1.29 is 23.0 Å². The Labute approximate surface area is 233 Å². The Balaban J connectivity index is 0.00000205. The summed E-state index contributed by atoms with van der Waals surface area (Å²) in [5, 5.41) is 0. The number of hydrogen-bond donors (Lipinski definition) is 1. The summed E-state index contributed by atoms with van der Waals surface area (Å²) in [6.07, 6.45) is 13.6. The van der Waals surface area contributed by atoms with Gasteiger partial charge in [-0.3, -0.25) is 14.2 Å².